The Bertz CT molecular complexity index is 1040. The van der Waals surface area contributed by atoms with Gasteiger partial charge < -0.3 is 15.6 Å². The molecule has 8 heteroatoms. The molecule has 2 aromatic carbocycles. The van der Waals surface area contributed by atoms with E-state index in [1.807, 2.05) is 26.0 Å². The van der Waals surface area contributed by atoms with Crippen molar-refractivity contribution in [3.05, 3.63) is 65.9 Å². The van der Waals surface area contributed by atoms with Crippen LogP contribution in [0, 0.1) is 5.92 Å². The lowest BCUT2D eigenvalue weighted by molar-refractivity contribution is -0.137. The number of Topliss-reactive ketones (excluding diaryl/α,β-unsaturated/α-hetero) is 1. The minimum absolute atomic E-state index is 0.0517. The van der Waals surface area contributed by atoms with E-state index in [2.05, 4.69) is 15.6 Å². The molecule has 0 aliphatic carbocycles. The summed E-state index contributed by atoms with van der Waals surface area (Å²) in [6.45, 7) is 3.97. The SMILES string of the molecule is CC(C)[C@H](CNC(=O)C(=O)c1c[nH]c2ccccc12)Nc1ccc(C(F)(F)F)cc1. The van der Waals surface area contributed by atoms with Gasteiger partial charge in [-0.2, -0.15) is 13.2 Å². The minimum Gasteiger partial charge on any atom is -0.380 e. The molecule has 3 aromatic rings. The summed E-state index contributed by atoms with van der Waals surface area (Å²) in [7, 11) is 0. The molecule has 0 fully saturated rings. The molecule has 30 heavy (non-hydrogen) atoms. The summed E-state index contributed by atoms with van der Waals surface area (Å²) in [6, 6.07) is 11.6. The molecule has 0 saturated heterocycles. The van der Waals surface area contributed by atoms with E-state index < -0.39 is 23.4 Å². The van der Waals surface area contributed by atoms with E-state index in [1.54, 1.807) is 12.1 Å². The highest BCUT2D eigenvalue weighted by Gasteiger charge is 2.30. The molecule has 0 saturated carbocycles. The van der Waals surface area contributed by atoms with Crippen LogP contribution >= 0.6 is 0 Å². The standard InChI is InChI=1S/C22H22F3N3O2/c1-13(2)19(28-15-9-7-14(8-10-15)22(23,24)25)12-27-21(30)20(29)17-11-26-18-6-4-3-5-16(17)18/h3-11,13,19,26,28H,12H2,1-2H3,(H,27,30)/t19-/m0/s1. The normalized spacial score (nSPS) is 12.7. The van der Waals surface area contributed by atoms with Gasteiger partial charge in [-0.3, -0.25) is 9.59 Å². The zero-order valence-electron chi connectivity index (χ0n) is 16.5. The Kier molecular flexibility index (Phi) is 6.14. The lowest BCUT2D eigenvalue weighted by atomic mass is 10.0. The topological polar surface area (TPSA) is 74.0 Å². The molecule has 1 amide bonds. The van der Waals surface area contributed by atoms with Crippen LogP contribution in [-0.2, 0) is 11.0 Å². The fourth-order valence-electron chi connectivity index (χ4n) is 3.09. The van der Waals surface area contributed by atoms with Gasteiger partial charge in [0.05, 0.1) is 11.1 Å². The molecule has 1 heterocycles. The van der Waals surface area contributed by atoms with Gasteiger partial charge in [0.1, 0.15) is 0 Å². The van der Waals surface area contributed by atoms with Gasteiger partial charge in [0.15, 0.2) is 0 Å². The molecule has 0 bridgehead atoms. The van der Waals surface area contributed by atoms with Crippen molar-refractivity contribution in [3.63, 3.8) is 0 Å². The number of aromatic nitrogens is 1. The Balaban J connectivity index is 1.64. The number of halogens is 3. The van der Waals surface area contributed by atoms with Crippen molar-refractivity contribution in [2.24, 2.45) is 5.92 Å². The first-order valence-electron chi connectivity index (χ1n) is 9.49. The minimum atomic E-state index is -4.40. The lowest BCUT2D eigenvalue weighted by Gasteiger charge is -2.24. The van der Waals surface area contributed by atoms with E-state index in [4.69, 9.17) is 0 Å². The predicted molar refractivity (Wildman–Crippen MR) is 109 cm³/mol. The summed E-state index contributed by atoms with van der Waals surface area (Å²) >= 11 is 0. The average Bonchev–Trinajstić information content (AvgIpc) is 3.14. The second-order valence-corrected chi connectivity index (χ2v) is 7.36. The number of anilines is 1. The Labute approximate surface area is 171 Å². The van der Waals surface area contributed by atoms with Gasteiger partial charge in [-0.1, -0.05) is 32.0 Å². The number of hydrogen-bond donors (Lipinski definition) is 3. The zero-order chi connectivity index (χ0) is 21.9. The smallest absolute Gasteiger partial charge is 0.380 e. The summed E-state index contributed by atoms with van der Waals surface area (Å²) in [5.74, 6) is -1.33. The van der Waals surface area contributed by atoms with Crippen LogP contribution in [0.5, 0.6) is 0 Å². The Hall–Kier alpha value is -3.29. The summed E-state index contributed by atoms with van der Waals surface area (Å²) in [5, 5.41) is 6.41. The van der Waals surface area contributed by atoms with Crippen molar-refractivity contribution in [2.75, 3.05) is 11.9 Å². The molecule has 3 rings (SSSR count). The van der Waals surface area contributed by atoms with E-state index in [1.165, 1.54) is 18.3 Å². The van der Waals surface area contributed by atoms with E-state index in [9.17, 15) is 22.8 Å². The van der Waals surface area contributed by atoms with Gasteiger partial charge in [-0.05, 0) is 36.2 Å². The van der Waals surface area contributed by atoms with Gasteiger partial charge in [0.25, 0.3) is 11.7 Å². The number of H-pyrrole nitrogens is 1. The van der Waals surface area contributed by atoms with Crippen LogP contribution in [-0.4, -0.2) is 29.3 Å². The van der Waals surface area contributed by atoms with Crippen LogP contribution in [0.15, 0.2) is 54.7 Å². The van der Waals surface area contributed by atoms with E-state index >= 15 is 0 Å². The number of carbonyl (C=O) groups excluding carboxylic acids is 2. The third kappa shape index (κ3) is 4.82. The van der Waals surface area contributed by atoms with Crippen LogP contribution in [0.2, 0.25) is 0 Å². The van der Waals surface area contributed by atoms with Crippen molar-refractivity contribution in [3.8, 4) is 0 Å². The largest absolute Gasteiger partial charge is 0.416 e. The third-order valence-electron chi connectivity index (χ3n) is 4.89. The van der Waals surface area contributed by atoms with Crippen molar-refractivity contribution in [1.29, 1.82) is 0 Å². The number of amides is 1. The second kappa shape index (κ2) is 8.61. The number of carbonyl (C=O) groups is 2. The van der Waals surface area contributed by atoms with Gasteiger partial charge in [0.2, 0.25) is 0 Å². The monoisotopic (exact) mass is 417 g/mol. The van der Waals surface area contributed by atoms with Gasteiger partial charge in [-0.25, -0.2) is 0 Å². The number of para-hydroxylation sites is 1. The van der Waals surface area contributed by atoms with E-state index in [0.717, 1.165) is 17.6 Å². The number of hydrogen-bond acceptors (Lipinski definition) is 3. The van der Waals surface area contributed by atoms with Crippen LogP contribution < -0.4 is 10.6 Å². The van der Waals surface area contributed by atoms with Crippen molar-refractivity contribution < 1.29 is 22.8 Å². The number of aromatic amines is 1. The number of rotatable bonds is 7. The van der Waals surface area contributed by atoms with Crippen molar-refractivity contribution >= 4 is 28.3 Å². The van der Waals surface area contributed by atoms with Crippen molar-refractivity contribution in [2.45, 2.75) is 26.1 Å². The van der Waals surface area contributed by atoms with Crippen molar-refractivity contribution in [1.82, 2.24) is 10.3 Å². The molecular weight excluding hydrogens is 395 g/mol. The number of fused-ring (bicyclic) bond motifs is 1. The van der Waals surface area contributed by atoms with Gasteiger partial charge in [0, 0.05) is 35.4 Å². The quantitative estimate of drug-likeness (QED) is 0.388. The Morgan fingerprint density at radius 1 is 1.03 bits per heavy atom. The zero-order valence-corrected chi connectivity index (χ0v) is 16.5. The molecule has 1 atom stereocenters. The highest BCUT2D eigenvalue weighted by atomic mass is 19.4. The molecule has 0 unspecified atom stereocenters. The highest BCUT2D eigenvalue weighted by molar-refractivity contribution is 6.44. The lowest BCUT2D eigenvalue weighted by Crippen LogP contribution is -2.42. The first-order chi connectivity index (χ1) is 14.2. The fraction of sp³-hybridized carbons (Fsp3) is 0.273. The summed E-state index contributed by atoms with van der Waals surface area (Å²) in [6.07, 6.45) is -2.89. The van der Waals surface area contributed by atoms with Crippen LogP contribution in [0.4, 0.5) is 18.9 Å². The first-order valence-corrected chi connectivity index (χ1v) is 9.49. The number of nitrogens with one attached hydrogen (secondary N) is 3. The second-order valence-electron chi connectivity index (χ2n) is 7.36. The van der Waals surface area contributed by atoms with Gasteiger partial charge >= 0.3 is 6.18 Å². The summed E-state index contributed by atoms with van der Waals surface area (Å²) < 4.78 is 38.1. The summed E-state index contributed by atoms with van der Waals surface area (Å²) in [5.41, 5.74) is 0.822. The van der Waals surface area contributed by atoms with Crippen LogP contribution in [0.1, 0.15) is 29.8 Å². The fourth-order valence-corrected chi connectivity index (χ4v) is 3.09. The molecule has 0 radical (unpaired) electrons. The molecule has 3 N–H and O–H groups in total. The molecule has 0 spiro atoms. The molecule has 5 nitrogen and oxygen atoms in total. The Morgan fingerprint density at radius 3 is 2.33 bits per heavy atom. The maximum Gasteiger partial charge on any atom is 0.416 e. The molecule has 1 aromatic heterocycles. The van der Waals surface area contributed by atoms with Crippen LogP contribution in [0.25, 0.3) is 10.9 Å². The maximum absolute atomic E-state index is 12.7. The third-order valence-corrected chi connectivity index (χ3v) is 4.89. The van der Waals surface area contributed by atoms with Gasteiger partial charge in [-0.15, -0.1) is 0 Å². The molecule has 0 aliphatic rings. The van der Waals surface area contributed by atoms with E-state index in [-0.39, 0.29) is 18.5 Å². The maximum atomic E-state index is 12.7. The average molecular weight is 417 g/mol. The van der Waals surface area contributed by atoms with Crippen LogP contribution in [0.3, 0.4) is 0 Å². The molecule has 158 valence electrons. The summed E-state index contributed by atoms with van der Waals surface area (Å²) in [4.78, 5) is 27.9. The number of benzene rings is 2. The van der Waals surface area contributed by atoms with E-state index in [0.29, 0.717) is 16.6 Å². The highest BCUT2D eigenvalue weighted by Crippen LogP contribution is 2.30. The Morgan fingerprint density at radius 2 is 1.70 bits per heavy atom. The predicted octanol–water partition coefficient (Wildman–Crippen LogP) is 4.62. The molecular formula is C22H22F3N3O2. The number of alkyl halides is 3. The first kappa shape index (κ1) is 21.4. The molecule has 0 aliphatic heterocycles. The number of ketones is 1.